The molecule has 2 heteroatoms. The van der Waals surface area contributed by atoms with Gasteiger partial charge >= 0.3 is 0 Å². The van der Waals surface area contributed by atoms with Gasteiger partial charge in [0.05, 0.1) is 5.69 Å². The van der Waals surface area contributed by atoms with Gasteiger partial charge in [0, 0.05) is 16.8 Å². The summed E-state index contributed by atoms with van der Waals surface area (Å²) in [6.07, 6.45) is 0. The zero-order valence-corrected chi connectivity index (χ0v) is 29.5. The first-order valence-electron chi connectivity index (χ1n) is 18.4. The number of nitrogens with zero attached hydrogens (tertiary/aromatic N) is 1. The zero-order chi connectivity index (χ0) is 36.0. The van der Waals surface area contributed by atoms with Crippen LogP contribution in [0.25, 0.3) is 76.5 Å². The molecule has 0 bridgehead atoms. The van der Waals surface area contributed by atoms with Crippen molar-refractivity contribution in [3.63, 3.8) is 0 Å². The fraction of sp³-hybridized carbons (Fsp3) is 0. The minimum atomic E-state index is -0.253. The summed E-state index contributed by atoms with van der Waals surface area (Å²) in [5, 5.41) is 9.77. The summed E-state index contributed by atoms with van der Waals surface area (Å²) < 4.78 is 14.1. The highest BCUT2D eigenvalue weighted by Crippen LogP contribution is 2.46. The van der Waals surface area contributed by atoms with Crippen molar-refractivity contribution in [1.82, 2.24) is 0 Å². The SMILES string of the molecule is Fc1ccc(N(c2ccc(-c3ccc(-c4c5ccccc5c(-c5cccc6ccccc56)c5ccccc45)cc3)cc2)c2cccc3ccccc23)cc1. The lowest BCUT2D eigenvalue weighted by molar-refractivity contribution is 0.628. The Morgan fingerprint density at radius 1 is 0.296 bits per heavy atom. The molecule has 0 unspecified atom stereocenters. The second kappa shape index (κ2) is 13.2. The maximum absolute atomic E-state index is 14.1. The van der Waals surface area contributed by atoms with Gasteiger partial charge in [-0.3, -0.25) is 0 Å². The number of benzene rings is 10. The first-order valence-corrected chi connectivity index (χ1v) is 18.4. The molecule has 0 fully saturated rings. The van der Waals surface area contributed by atoms with Crippen LogP contribution in [-0.4, -0.2) is 0 Å². The van der Waals surface area contributed by atoms with Crippen LogP contribution in [0.1, 0.15) is 0 Å². The lowest BCUT2D eigenvalue weighted by atomic mass is 9.84. The molecule has 0 aromatic heterocycles. The molecule has 0 spiro atoms. The Bertz CT molecular complexity index is 2910. The molecule has 10 rings (SSSR count). The predicted octanol–water partition coefficient (Wildman–Crippen LogP) is 14.9. The topological polar surface area (TPSA) is 3.24 Å². The van der Waals surface area contributed by atoms with E-state index in [9.17, 15) is 4.39 Å². The van der Waals surface area contributed by atoms with Gasteiger partial charge in [-0.1, -0.05) is 164 Å². The first kappa shape index (κ1) is 31.7. The van der Waals surface area contributed by atoms with E-state index in [1.165, 1.54) is 66.7 Å². The molecule has 0 amide bonds. The molecular weight excluding hydrogens is 658 g/mol. The molecule has 0 atom stereocenters. The quantitative estimate of drug-likeness (QED) is 0.157. The molecule has 10 aromatic rings. The molecule has 0 saturated heterocycles. The number of anilines is 3. The van der Waals surface area contributed by atoms with Crippen LogP contribution in [-0.2, 0) is 0 Å². The van der Waals surface area contributed by atoms with Crippen molar-refractivity contribution in [1.29, 1.82) is 0 Å². The van der Waals surface area contributed by atoms with Gasteiger partial charge in [-0.2, -0.15) is 0 Å². The molecule has 0 N–H and O–H groups in total. The third-order valence-electron chi connectivity index (χ3n) is 10.7. The van der Waals surface area contributed by atoms with Crippen LogP contribution in [0.15, 0.2) is 206 Å². The fourth-order valence-corrected chi connectivity index (χ4v) is 8.23. The van der Waals surface area contributed by atoms with E-state index in [0.717, 1.165) is 39.0 Å². The highest BCUT2D eigenvalue weighted by atomic mass is 19.1. The van der Waals surface area contributed by atoms with Gasteiger partial charge in [0.25, 0.3) is 0 Å². The standard InChI is InChI=1S/C52H34FN/c53-40-29-33-42(34-30-40)54(50-22-10-14-38-12-2-4-16-44(38)50)41-31-27-36(28-32-41)35-23-25-39(26-24-35)51-46-17-5-7-19-48(46)52(49-20-8-6-18-47(49)51)45-21-9-13-37-11-1-3-15-43(37)45/h1-34H. The van der Waals surface area contributed by atoms with E-state index in [-0.39, 0.29) is 5.82 Å². The van der Waals surface area contributed by atoms with Gasteiger partial charge in [-0.25, -0.2) is 4.39 Å². The van der Waals surface area contributed by atoms with E-state index in [1.807, 2.05) is 12.1 Å². The Labute approximate surface area is 313 Å². The van der Waals surface area contributed by atoms with E-state index < -0.39 is 0 Å². The summed E-state index contributed by atoms with van der Waals surface area (Å²) >= 11 is 0. The fourth-order valence-electron chi connectivity index (χ4n) is 8.23. The summed E-state index contributed by atoms with van der Waals surface area (Å²) in [5.74, 6) is -0.253. The van der Waals surface area contributed by atoms with E-state index >= 15 is 0 Å². The van der Waals surface area contributed by atoms with Gasteiger partial charge in [-0.05, 0) is 114 Å². The summed E-state index contributed by atoms with van der Waals surface area (Å²) in [7, 11) is 0. The normalized spacial score (nSPS) is 11.4. The van der Waals surface area contributed by atoms with Crippen molar-refractivity contribution in [2.45, 2.75) is 0 Å². The van der Waals surface area contributed by atoms with Crippen LogP contribution in [0, 0.1) is 5.82 Å². The minimum Gasteiger partial charge on any atom is -0.310 e. The maximum Gasteiger partial charge on any atom is 0.123 e. The number of hydrogen-bond donors (Lipinski definition) is 0. The van der Waals surface area contributed by atoms with Gasteiger partial charge in [0.2, 0.25) is 0 Å². The van der Waals surface area contributed by atoms with Crippen LogP contribution in [0.3, 0.4) is 0 Å². The van der Waals surface area contributed by atoms with Crippen LogP contribution in [0.4, 0.5) is 21.5 Å². The monoisotopic (exact) mass is 691 g/mol. The molecule has 1 nitrogen and oxygen atoms in total. The van der Waals surface area contributed by atoms with Crippen LogP contribution in [0.2, 0.25) is 0 Å². The summed E-state index contributed by atoms with van der Waals surface area (Å²) in [5.41, 5.74) is 10.2. The molecule has 0 aliphatic heterocycles. The maximum atomic E-state index is 14.1. The van der Waals surface area contributed by atoms with Crippen molar-refractivity contribution in [3.8, 4) is 33.4 Å². The Hall–Kier alpha value is -7.03. The number of halogens is 1. The van der Waals surface area contributed by atoms with Crippen molar-refractivity contribution in [2.24, 2.45) is 0 Å². The summed E-state index contributed by atoms with van der Waals surface area (Å²) in [6.45, 7) is 0. The second-order valence-electron chi connectivity index (χ2n) is 13.8. The average Bonchev–Trinajstić information content (AvgIpc) is 3.24. The van der Waals surface area contributed by atoms with Crippen LogP contribution in [0.5, 0.6) is 0 Å². The van der Waals surface area contributed by atoms with Gasteiger partial charge in [0.1, 0.15) is 5.82 Å². The second-order valence-corrected chi connectivity index (χ2v) is 13.8. The van der Waals surface area contributed by atoms with Gasteiger partial charge in [0.15, 0.2) is 0 Å². The summed E-state index contributed by atoms with van der Waals surface area (Å²) in [6, 6.07) is 72.0. The number of fused-ring (bicyclic) bond motifs is 4. The zero-order valence-electron chi connectivity index (χ0n) is 29.5. The van der Waals surface area contributed by atoms with Crippen molar-refractivity contribution < 1.29 is 4.39 Å². The smallest absolute Gasteiger partial charge is 0.123 e. The molecule has 10 aromatic carbocycles. The minimum absolute atomic E-state index is 0.253. The van der Waals surface area contributed by atoms with E-state index in [0.29, 0.717) is 0 Å². The predicted molar refractivity (Wildman–Crippen MR) is 227 cm³/mol. The lowest BCUT2D eigenvalue weighted by Crippen LogP contribution is -2.10. The molecule has 0 aliphatic rings. The van der Waals surface area contributed by atoms with Crippen LogP contribution >= 0.6 is 0 Å². The van der Waals surface area contributed by atoms with Gasteiger partial charge < -0.3 is 4.90 Å². The first-order chi connectivity index (χ1) is 26.7. The third-order valence-corrected chi connectivity index (χ3v) is 10.7. The molecule has 0 radical (unpaired) electrons. The Morgan fingerprint density at radius 3 is 1.30 bits per heavy atom. The molecular formula is C52H34FN. The van der Waals surface area contributed by atoms with E-state index in [4.69, 9.17) is 0 Å². The Kier molecular flexibility index (Phi) is 7.74. The largest absolute Gasteiger partial charge is 0.310 e. The third kappa shape index (κ3) is 5.39. The van der Waals surface area contributed by atoms with Crippen molar-refractivity contribution >= 4 is 60.2 Å². The Balaban J connectivity index is 1.06. The molecule has 0 aliphatic carbocycles. The Morgan fingerprint density at radius 2 is 0.704 bits per heavy atom. The highest BCUT2D eigenvalue weighted by molar-refractivity contribution is 6.23. The highest BCUT2D eigenvalue weighted by Gasteiger charge is 2.19. The average molecular weight is 692 g/mol. The van der Waals surface area contributed by atoms with Crippen molar-refractivity contribution in [2.75, 3.05) is 4.90 Å². The number of hydrogen-bond acceptors (Lipinski definition) is 1. The lowest BCUT2D eigenvalue weighted by Gasteiger charge is -2.27. The van der Waals surface area contributed by atoms with Crippen LogP contribution < -0.4 is 4.90 Å². The van der Waals surface area contributed by atoms with Gasteiger partial charge in [-0.15, -0.1) is 0 Å². The molecule has 54 heavy (non-hydrogen) atoms. The van der Waals surface area contributed by atoms with Crippen molar-refractivity contribution in [3.05, 3.63) is 212 Å². The molecule has 0 heterocycles. The summed E-state index contributed by atoms with van der Waals surface area (Å²) in [4.78, 5) is 2.20. The molecule has 0 saturated carbocycles. The van der Waals surface area contributed by atoms with E-state index in [2.05, 4.69) is 187 Å². The number of rotatable bonds is 6. The van der Waals surface area contributed by atoms with E-state index in [1.54, 1.807) is 0 Å². The molecule has 254 valence electrons.